The highest BCUT2D eigenvalue weighted by molar-refractivity contribution is 7.22. The minimum atomic E-state index is 0.0543. The number of nitrogen functional groups attached to an aromatic ring is 1. The quantitative estimate of drug-likeness (QED) is 0.510. The van der Waals surface area contributed by atoms with Crippen LogP contribution in [0.5, 0.6) is 0 Å². The van der Waals surface area contributed by atoms with Crippen LogP contribution < -0.4 is 16.5 Å². The highest BCUT2D eigenvalue weighted by atomic mass is 32.1. The van der Waals surface area contributed by atoms with Crippen LogP contribution >= 0.6 is 11.3 Å². The molecule has 6 nitrogen and oxygen atoms in total. The van der Waals surface area contributed by atoms with E-state index in [9.17, 15) is 0 Å². The second kappa shape index (κ2) is 5.26. The fourth-order valence-electron chi connectivity index (χ4n) is 1.66. The third kappa shape index (κ3) is 2.46. The van der Waals surface area contributed by atoms with Crippen LogP contribution in [0.2, 0.25) is 0 Å². The van der Waals surface area contributed by atoms with E-state index in [4.69, 9.17) is 15.9 Å². The summed E-state index contributed by atoms with van der Waals surface area (Å²) in [6, 6.07) is 3.85. The SMILES string of the molecule is Nc1cc2c(cc(NCCO)n2NCCO)s1. The number of nitrogens with two attached hydrogens (primary N) is 1. The molecule has 0 atom stereocenters. The lowest BCUT2D eigenvalue weighted by Gasteiger charge is -2.12. The molecular weight excluding hydrogens is 240 g/mol. The van der Waals surface area contributed by atoms with Crippen molar-refractivity contribution < 1.29 is 10.2 Å². The lowest BCUT2D eigenvalue weighted by atomic mass is 10.5. The number of aliphatic hydroxyl groups excluding tert-OH is 2. The third-order valence-electron chi connectivity index (χ3n) is 2.31. The summed E-state index contributed by atoms with van der Waals surface area (Å²) in [5.74, 6) is 0.855. The van der Waals surface area contributed by atoms with Crippen molar-refractivity contribution in [2.45, 2.75) is 0 Å². The molecule has 0 aliphatic heterocycles. The Balaban J connectivity index is 2.32. The van der Waals surface area contributed by atoms with Crippen LogP contribution in [0.15, 0.2) is 12.1 Å². The van der Waals surface area contributed by atoms with E-state index in [2.05, 4.69) is 10.7 Å². The van der Waals surface area contributed by atoms with E-state index in [0.717, 1.165) is 21.0 Å². The van der Waals surface area contributed by atoms with Crippen molar-refractivity contribution in [1.82, 2.24) is 4.68 Å². The van der Waals surface area contributed by atoms with Gasteiger partial charge in [-0.15, -0.1) is 11.3 Å². The molecule has 17 heavy (non-hydrogen) atoms. The van der Waals surface area contributed by atoms with E-state index in [-0.39, 0.29) is 13.2 Å². The summed E-state index contributed by atoms with van der Waals surface area (Å²) in [6.07, 6.45) is 0. The van der Waals surface area contributed by atoms with Crippen molar-refractivity contribution >= 4 is 32.4 Å². The van der Waals surface area contributed by atoms with Crippen LogP contribution in [-0.2, 0) is 0 Å². The van der Waals surface area contributed by atoms with Crippen molar-refractivity contribution in [1.29, 1.82) is 0 Å². The van der Waals surface area contributed by atoms with Gasteiger partial charge in [0, 0.05) is 6.54 Å². The maximum Gasteiger partial charge on any atom is 0.127 e. The molecule has 0 unspecified atom stereocenters. The normalized spacial score (nSPS) is 10.9. The summed E-state index contributed by atoms with van der Waals surface area (Å²) in [5, 5.41) is 21.5. The number of fused-ring (bicyclic) bond motifs is 1. The number of nitrogens with zero attached hydrogens (tertiary/aromatic N) is 1. The van der Waals surface area contributed by atoms with Gasteiger partial charge in [0.25, 0.3) is 0 Å². The van der Waals surface area contributed by atoms with Crippen LogP contribution in [0.4, 0.5) is 10.8 Å². The first-order valence-electron chi connectivity index (χ1n) is 5.36. The Labute approximate surface area is 103 Å². The molecular formula is C10H16N4O2S. The molecule has 0 radical (unpaired) electrons. The summed E-state index contributed by atoms with van der Waals surface area (Å²) in [4.78, 5) is 0. The average Bonchev–Trinajstić information content (AvgIpc) is 2.80. The first-order chi connectivity index (χ1) is 8.26. The van der Waals surface area contributed by atoms with Crippen molar-refractivity contribution in [2.75, 3.05) is 42.8 Å². The maximum absolute atomic E-state index is 8.85. The first-order valence-corrected chi connectivity index (χ1v) is 6.18. The first kappa shape index (κ1) is 12.0. The second-order valence-electron chi connectivity index (χ2n) is 3.55. The predicted octanol–water partition coefficient (Wildman–Crippen LogP) is 0.225. The van der Waals surface area contributed by atoms with E-state index in [0.29, 0.717) is 13.1 Å². The molecule has 2 heterocycles. The van der Waals surface area contributed by atoms with Gasteiger partial charge in [-0.05, 0) is 12.1 Å². The van der Waals surface area contributed by atoms with E-state index in [1.54, 1.807) is 0 Å². The number of hydrogen-bond acceptors (Lipinski definition) is 6. The molecule has 0 saturated heterocycles. The van der Waals surface area contributed by atoms with E-state index < -0.39 is 0 Å². The molecule has 0 amide bonds. The van der Waals surface area contributed by atoms with Gasteiger partial charge in [-0.3, -0.25) is 0 Å². The van der Waals surface area contributed by atoms with Gasteiger partial charge in [0.1, 0.15) is 5.82 Å². The fourth-order valence-corrected chi connectivity index (χ4v) is 2.51. The number of rotatable bonds is 6. The number of thiophene rings is 1. The maximum atomic E-state index is 8.85. The van der Waals surface area contributed by atoms with Crippen molar-refractivity contribution in [3.63, 3.8) is 0 Å². The summed E-state index contributed by atoms with van der Waals surface area (Å²) in [7, 11) is 0. The molecule has 2 rings (SSSR count). The van der Waals surface area contributed by atoms with Gasteiger partial charge in [0.05, 0.1) is 35.0 Å². The van der Waals surface area contributed by atoms with E-state index in [1.807, 2.05) is 16.8 Å². The average molecular weight is 256 g/mol. The third-order valence-corrected chi connectivity index (χ3v) is 3.21. The zero-order chi connectivity index (χ0) is 12.3. The van der Waals surface area contributed by atoms with Crippen LogP contribution in [0.3, 0.4) is 0 Å². The van der Waals surface area contributed by atoms with Gasteiger partial charge in [-0.1, -0.05) is 0 Å². The van der Waals surface area contributed by atoms with Gasteiger partial charge < -0.3 is 26.7 Å². The number of nitrogens with one attached hydrogen (secondary N) is 2. The van der Waals surface area contributed by atoms with E-state index >= 15 is 0 Å². The predicted molar refractivity (Wildman–Crippen MR) is 71.1 cm³/mol. The molecule has 0 aliphatic rings. The Morgan fingerprint density at radius 3 is 2.71 bits per heavy atom. The Morgan fingerprint density at radius 2 is 2.00 bits per heavy atom. The Kier molecular flexibility index (Phi) is 3.72. The molecule has 0 saturated carbocycles. The number of aliphatic hydroxyl groups is 2. The van der Waals surface area contributed by atoms with Crippen molar-refractivity contribution in [3.8, 4) is 0 Å². The molecule has 6 N–H and O–H groups in total. The van der Waals surface area contributed by atoms with Crippen LogP contribution in [0.25, 0.3) is 10.2 Å². The second-order valence-corrected chi connectivity index (χ2v) is 4.66. The van der Waals surface area contributed by atoms with Gasteiger partial charge in [0.15, 0.2) is 0 Å². The molecule has 0 aliphatic carbocycles. The molecule has 94 valence electrons. The summed E-state index contributed by atoms with van der Waals surface area (Å²) in [5.41, 5.74) is 9.81. The topological polar surface area (TPSA) is 95.5 Å². The summed E-state index contributed by atoms with van der Waals surface area (Å²) in [6.45, 7) is 1.06. The molecule has 0 fully saturated rings. The van der Waals surface area contributed by atoms with Crippen molar-refractivity contribution in [2.24, 2.45) is 0 Å². The minimum absolute atomic E-state index is 0.0543. The molecule has 0 aromatic carbocycles. The Morgan fingerprint density at radius 1 is 1.24 bits per heavy atom. The van der Waals surface area contributed by atoms with Gasteiger partial charge in [0.2, 0.25) is 0 Å². The van der Waals surface area contributed by atoms with Gasteiger partial charge >= 0.3 is 0 Å². The molecule has 2 aromatic rings. The van der Waals surface area contributed by atoms with Crippen LogP contribution in [-0.4, -0.2) is 41.2 Å². The highest BCUT2D eigenvalue weighted by Gasteiger charge is 2.10. The lowest BCUT2D eigenvalue weighted by molar-refractivity contribution is 0.306. The zero-order valence-corrected chi connectivity index (χ0v) is 10.1. The van der Waals surface area contributed by atoms with E-state index in [1.165, 1.54) is 11.3 Å². The zero-order valence-electron chi connectivity index (χ0n) is 9.31. The largest absolute Gasteiger partial charge is 0.395 e. The molecule has 7 heteroatoms. The van der Waals surface area contributed by atoms with Gasteiger partial charge in [-0.2, -0.15) is 0 Å². The van der Waals surface area contributed by atoms with Gasteiger partial charge in [-0.25, -0.2) is 4.68 Å². The minimum Gasteiger partial charge on any atom is -0.395 e. The smallest absolute Gasteiger partial charge is 0.127 e. The molecule has 0 bridgehead atoms. The molecule has 0 spiro atoms. The fraction of sp³-hybridized carbons (Fsp3) is 0.400. The Hall–Kier alpha value is -1.44. The molecule has 2 aromatic heterocycles. The Bertz CT molecular complexity index is 494. The number of hydrogen-bond donors (Lipinski definition) is 5. The standard InChI is InChI=1S/C10H16N4O2S/c11-9-5-7-8(17-9)6-10(12-1-3-15)14(7)13-2-4-16/h5-6,12-13,15-16H,1-4,11H2. The lowest BCUT2D eigenvalue weighted by Crippen LogP contribution is -2.21. The van der Waals surface area contributed by atoms with Crippen molar-refractivity contribution in [3.05, 3.63) is 12.1 Å². The monoisotopic (exact) mass is 256 g/mol. The van der Waals surface area contributed by atoms with Crippen LogP contribution in [0, 0.1) is 0 Å². The highest BCUT2D eigenvalue weighted by Crippen LogP contribution is 2.31. The summed E-state index contributed by atoms with van der Waals surface area (Å²) < 4.78 is 2.90. The number of anilines is 2. The number of aromatic nitrogens is 1. The van der Waals surface area contributed by atoms with Crippen LogP contribution in [0.1, 0.15) is 0 Å². The summed E-state index contributed by atoms with van der Waals surface area (Å²) >= 11 is 1.51.